The van der Waals surface area contributed by atoms with E-state index < -0.39 is 0 Å². The average Bonchev–Trinajstić information content (AvgIpc) is 3.06. The fourth-order valence-corrected chi connectivity index (χ4v) is 3.35. The highest BCUT2D eigenvalue weighted by Crippen LogP contribution is 2.17. The van der Waals surface area contributed by atoms with Crippen LogP contribution in [0.25, 0.3) is 0 Å². The summed E-state index contributed by atoms with van der Waals surface area (Å²) in [6, 6.07) is 0.589. The number of carbonyl (C=O) groups excluding carboxylic acids is 1. The van der Waals surface area contributed by atoms with E-state index in [9.17, 15) is 4.79 Å². The van der Waals surface area contributed by atoms with Crippen molar-refractivity contribution in [1.29, 1.82) is 0 Å². The zero-order valence-corrected chi connectivity index (χ0v) is 13.3. The molecule has 22 heavy (non-hydrogen) atoms. The second kappa shape index (κ2) is 7.19. The lowest BCUT2D eigenvalue weighted by molar-refractivity contribution is 0.0900. The number of hydrogen-bond acceptors (Lipinski definition) is 5. The van der Waals surface area contributed by atoms with Gasteiger partial charge in [-0.15, -0.1) is 5.10 Å². The molecule has 0 spiro atoms. The molecule has 2 aliphatic rings. The number of piperidine rings is 2. The Bertz CT molecular complexity index is 496. The SMILES string of the molecule is CCN1CCCC(NC(=O)c2cn(C3CCNCC3)nn2)C1. The molecule has 0 aromatic carbocycles. The van der Waals surface area contributed by atoms with Crippen molar-refractivity contribution in [3.8, 4) is 0 Å². The van der Waals surface area contributed by atoms with E-state index >= 15 is 0 Å². The van der Waals surface area contributed by atoms with E-state index in [2.05, 4.69) is 32.8 Å². The smallest absolute Gasteiger partial charge is 0.273 e. The van der Waals surface area contributed by atoms with E-state index in [4.69, 9.17) is 0 Å². The Morgan fingerprint density at radius 1 is 1.41 bits per heavy atom. The first-order valence-corrected chi connectivity index (χ1v) is 8.42. The van der Waals surface area contributed by atoms with Crippen LogP contribution in [0.15, 0.2) is 6.20 Å². The molecular formula is C15H26N6O. The Morgan fingerprint density at radius 2 is 2.23 bits per heavy atom. The lowest BCUT2D eigenvalue weighted by Gasteiger charge is -2.32. The van der Waals surface area contributed by atoms with E-state index in [1.54, 1.807) is 6.20 Å². The minimum Gasteiger partial charge on any atom is -0.347 e. The number of likely N-dealkylation sites (tertiary alicyclic amines) is 1. The summed E-state index contributed by atoms with van der Waals surface area (Å²) in [6.45, 7) is 7.27. The normalized spacial score (nSPS) is 24.3. The van der Waals surface area contributed by atoms with Gasteiger partial charge < -0.3 is 15.5 Å². The van der Waals surface area contributed by atoms with Gasteiger partial charge in [0.15, 0.2) is 5.69 Å². The van der Waals surface area contributed by atoms with Gasteiger partial charge in [0.2, 0.25) is 0 Å². The maximum atomic E-state index is 12.3. The first-order chi connectivity index (χ1) is 10.8. The van der Waals surface area contributed by atoms with Gasteiger partial charge in [-0.25, -0.2) is 4.68 Å². The summed E-state index contributed by atoms with van der Waals surface area (Å²) in [7, 11) is 0. The van der Waals surface area contributed by atoms with Crippen molar-refractivity contribution in [3.63, 3.8) is 0 Å². The van der Waals surface area contributed by atoms with Gasteiger partial charge in [0.1, 0.15) is 0 Å². The highest BCUT2D eigenvalue weighted by Gasteiger charge is 2.23. The highest BCUT2D eigenvalue weighted by atomic mass is 16.2. The van der Waals surface area contributed by atoms with Crippen LogP contribution in [-0.4, -0.2) is 64.6 Å². The molecule has 7 nitrogen and oxygen atoms in total. The molecule has 0 saturated carbocycles. The molecule has 0 bridgehead atoms. The third-order valence-corrected chi connectivity index (χ3v) is 4.71. The summed E-state index contributed by atoms with van der Waals surface area (Å²) in [5, 5.41) is 14.7. The molecule has 2 saturated heterocycles. The Morgan fingerprint density at radius 3 is 3.00 bits per heavy atom. The lowest BCUT2D eigenvalue weighted by atomic mass is 10.1. The zero-order chi connectivity index (χ0) is 15.4. The molecule has 3 heterocycles. The quantitative estimate of drug-likeness (QED) is 0.843. The largest absolute Gasteiger partial charge is 0.347 e. The summed E-state index contributed by atoms with van der Waals surface area (Å²) in [6.07, 6.45) is 6.06. The van der Waals surface area contributed by atoms with Crippen LogP contribution in [-0.2, 0) is 0 Å². The van der Waals surface area contributed by atoms with Crippen molar-refractivity contribution in [2.75, 3.05) is 32.7 Å². The van der Waals surface area contributed by atoms with Crippen LogP contribution in [0.4, 0.5) is 0 Å². The molecule has 7 heteroatoms. The van der Waals surface area contributed by atoms with Gasteiger partial charge >= 0.3 is 0 Å². The number of hydrogen-bond donors (Lipinski definition) is 2. The van der Waals surface area contributed by atoms with Gasteiger partial charge in [0.05, 0.1) is 12.2 Å². The third-order valence-electron chi connectivity index (χ3n) is 4.71. The van der Waals surface area contributed by atoms with Crippen LogP contribution < -0.4 is 10.6 Å². The molecule has 0 radical (unpaired) electrons. The molecule has 2 fully saturated rings. The number of aromatic nitrogens is 3. The predicted octanol–water partition coefficient (Wildman–Crippen LogP) is 0.417. The molecular weight excluding hydrogens is 280 g/mol. The molecule has 1 atom stereocenters. The van der Waals surface area contributed by atoms with Gasteiger partial charge in [-0.2, -0.15) is 0 Å². The molecule has 1 aromatic heterocycles. The number of rotatable bonds is 4. The standard InChI is InChI=1S/C15H26N6O/c1-2-20-9-3-4-12(10-20)17-15(22)14-11-21(19-18-14)13-5-7-16-8-6-13/h11-13,16H,2-10H2,1H3,(H,17,22). The fraction of sp³-hybridized carbons (Fsp3) is 0.800. The lowest BCUT2D eigenvalue weighted by Crippen LogP contribution is -2.47. The van der Waals surface area contributed by atoms with Crippen molar-refractivity contribution in [2.24, 2.45) is 0 Å². The molecule has 1 aromatic rings. The van der Waals surface area contributed by atoms with Crippen molar-refractivity contribution >= 4 is 5.91 Å². The Kier molecular flexibility index (Phi) is 5.04. The van der Waals surface area contributed by atoms with Gasteiger partial charge in [0, 0.05) is 12.6 Å². The first-order valence-electron chi connectivity index (χ1n) is 8.42. The minimum absolute atomic E-state index is 0.0943. The number of nitrogens with one attached hydrogen (secondary N) is 2. The number of nitrogens with zero attached hydrogens (tertiary/aromatic N) is 4. The number of amides is 1. The second-order valence-electron chi connectivity index (χ2n) is 6.27. The maximum absolute atomic E-state index is 12.3. The molecule has 0 aliphatic carbocycles. The van der Waals surface area contributed by atoms with Gasteiger partial charge in [-0.05, 0) is 51.9 Å². The average molecular weight is 306 g/mol. The minimum atomic E-state index is -0.0943. The van der Waals surface area contributed by atoms with Crippen LogP contribution >= 0.6 is 0 Å². The van der Waals surface area contributed by atoms with Gasteiger partial charge in [0.25, 0.3) is 5.91 Å². The van der Waals surface area contributed by atoms with Gasteiger partial charge in [-0.3, -0.25) is 4.79 Å². The van der Waals surface area contributed by atoms with Crippen LogP contribution in [0.2, 0.25) is 0 Å². The molecule has 2 aliphatic heterocycles. The highest BCUT2D eigenvalue weighted by molar-refractivity contribution is 5.92. The van der Waals surface area contributed by atoms with Crippen LogP contribution in [0.5, 0.6) is 0 Å². The van der Waals surface area contributed by atoms with E-state index in [1.165, 1.54) is 0 Å². The molecule has 3 rings (SSSR count). The zero-order valence-electron chi connectivity index (χ0n) is 13.3. The maximum Gasteiger partial charge on any atom is 0.273 e. The number of carbonyl (C=O) groups is 1. The molecule has 1 amide bonds. The summed E-state index contributed by atoms with van der Waals surface area (Å²) in [5.41, 5.74) is 0.437. The summed E-state index contributed by atoms with van der Waals surface area (Å²) in [4.78, 5) is 14.7. The second-order valence-corrected chi connectivity index (χ2v) is 6.27. The Balaban J connectivity index is 1.57. The van der Waals surface area contributed by atoms with Crippen molar-refractivity contribution in [3.05, 3.63) is 11.9 Å². The van der Waals surface area contributed by atoms with E-state index in [0.717, 1.165) is 58.4 Å². The third kappa shape index (κ3) is 3.64. The van der Waals surface area contributed by atoms with Crippen molar-refractivity contribution in [1.82, 2.24) is 30.5 Å². The molecule has 1 unspecified atom stereocenters. The Hall–Kier alpha value is -1.47. The fourth-order valence-electron chi connectivity index (χ4n) is 3.35. The molecule has 2 N–H and O–H groups in total. The van der Waals surface area contributed by atoms with Crippen LogP contribution in [0, 0.1) is 0 Å². The molecule has 122 valence electrons. The van der Waals surface area contributed by atoms with E-state index in [0.29, 0.717) is 11.7 Å². The van der Waals surface area contributed by atoms with Crippen LogP contribution in [0.3, 0.4) is 0 Å². The number of likely N-dealkylation sites (N-methyl/N-ethyl adjacent to an activating group) is 1. The summed E-state index contributed by atoms with van der Waals surface area (Å²) in [5.74, 6) is -0.0943. The monoisotopic (exact) mass is 306 g/mol. The summed E-state index contributed by atoms with van der Waals surface area (Å²) < 4.78 is 1.86. The van der Waals surface area contributed by atoms with E-state index in [-0.39, 0.29) is 11.9 Å². The first kappa shape index (κ1) is 15.4. The Labute approximate surface area is 131 Å². The predicted molar refractivity (Wildman–Crippen MR) is 83.8 cm³/mol. The topological polar surface area (TPSA) is 75.1 Å². The van der Waals surface area contributed by atoms with Crippen LogP contribution in [0.1, 0.15) is 49.1 Å². The van der Waals surface area contributed by atoms with Gasteiger partial charge in [-0.1, -0.05) is 12.1 Å². The van der Waals surface area contributed by atoms with Crippen molar-refractivity contribution < 1.29 is 4.79 Å². The van der Waals surface area contributed by atoms with Crippen molar-refractivity contribution in [2.45, 2.75) is 44.7 Å². The van der Waals surface area contributed by atoms with E-state index in [1.807, 2.05) is 4.68 Å². The summed E-state index contributed by atoms with van der Waals surface area (Å²) >= 11 is 0.